The Morgan fingerprint density at radius 3 is 2.44 bits per heavy atom. The van der Waals surface area contributed by atoms with Crippen LogP contribution in [0.3, 0.4) is 0 Å². The van der Waals surface area contributed by atoms with Crippen LogP contribution in [-0.4, -0.2) is 25.2 Å². The van der Waals surface area contributed by atoms with Gasteiger partial charge in [-0.1, -0.05) is 71.1 Å². The second-order valence-electron chi connectivity index (χ2n) is 10.3. The number of sulfone groups is 1. The molecule has 0 fully saturated rings. The maximum absolute atomic E-state index is 13.1. The summed E-state index contributed by atoms with van der Waals surface area (Å²) in [4.78, 5) is 11.4. The lowest BCUT2D eigenvalue weighted by molar-refractivity contribution is -0.131. The first-order chi connectivity index (χ1) is 16.0. The molecule has 0 unspecified atom stereocenters. The summed E-state index contributed by atoms with van der Waals surface area (Å²) in [6.45, 7) is 10.3. The second-order valence-corrected chi connectivity index (χ2v) is 12.3. The largest absolute Gasteiger partial charge is 0.478 e. The topological polar surface area (TPSA) is 71.4 Å². The summed E-state index contributed by atoms with van der Waals surface area (Å²) in [6, 6.07) is 4.07. The highest BCUT2D eigenvalue weighted by atomic mass is 32.2. The second kappa shape index (κ2) is 12.5. The molecular weight excluding hydrogens is 444 g/mol. The van der Waals surface area contributed by atoms with Gasteiger partial charge < -0.3 is 5.11 Å². The summed E-state index contributed by atoms with van der Waals surface area (Å²) < 4.78 is 26.2. The molecule has 0 radical (unpaired) electrons. The average molecular weight is 487 g/mol. The molecule has 34 heavy (non-hydrogen) atoms. The molecule has 0 atom stereocenters. The molecule has 0 aliphatic carbocycles. The third-order valence-corrected chi connectivity index (χ3v) is 8.60. The zero-order chi connectivity index (χ0) is 25.4. The van der Waals surface area contributed by atoms with Crippen molar-refractivity contribution in [2.75, 3.05) is 5.75 Å². The van der Waals surface area contributed by atoms with E-state index in [9.17, 15) is 13.2 Å². The van der Waals surface area contributed by atoms with Crippen molar-refractivity contribution in [3.63, 3.8) is 0 Å². The molecule has 0 bridgehead atoms. The van der Waals surface area contributed by atoms with E-state index in [1.54, 1.807) is 13.0 Å². The molecule has 5 heteroatoms. The van der Waals surface area contributed by atoms with Crippen molar-refractivity contribution < 1.29 is 18.3 Å². The minimum absolute atomic E-state index is 0.205. The normalized spacial score (nSPS) is 18.0. The Morgan fingerprint density at radius 1 is 1.09 bits per heavy atom. The first-order valence-electron chi connectivity index (χ1n) is 12.6. The molecule has 1 aromatic carbocycles. The molecule has 1 aliphatic heterocycles. The Morgan fingerprint density at radius 2 is 1.76 bits per heavy atom. The lowest BCUT2D eigenvalue weighted by Gasteiger charge is -2.27. The number of carboxylic acids is 1. The van der Waals surface area contributed by atoms with Gasteiger partial charge in [-0.15, -0.1) is 0 Å². The number of unbranched alkanes of at least 4 members (excludes halogenated alkanes) is 5. The van der Waals surface area contributed by atoms with Crippen LogP contribution in [0.5, 0.6) is 0 Å². The quantitative estimate of drug-likeness (QED) is 0.201. The van der Waals surface area contributed by atoms with Crippen LogP contribution in [0.15, 0.2) is 46.9 Å². The number of hydrogen-bond acceptors (Lipinski definition) is 3. The predicted octanol–water partition coefficient (Wildman–Crippen LogP) is 7.43. The number of carboxylic acid groups (broad SMARTS) is 1. The van der Waals surface area contributed by atoms with Crippen LogP contribution in [0.1, 0.15) is 103 Å². The van der Waals surface area contributed by atoms with Crippen LogP contribution in [0.4, 0.5) is 0 Å². The minimum atomic E-state index is -3.29. The Balaban J connectivity index is 2.47. The van der Waals surface area contributed by atoms with E-state index in [-0.39, 0.29) is 11.2 Å². The lowest BCUT2D eigenvalue weighted by Crippen LogP contribution is -2.19. The lowest BCUT2D eigenvalue weighted by atomic mass is 9.78. The van der Waals surface area contributed by atoms with Crippen LogP contribution in [0, 0.1) is 0 Å². The first kappa shape index (κ1) is 28.1. The molecule has 1 aromatic rings. The van der Waals surface area contributed by atoms with Gasteiger partial charge in [0.1, 0.15) is 0 Å². The van der Waals surface area contributed by atoms with Crippen LogP contribution < -0.4 is 0 Å². The van der Waals surface area contributed by atoms with Crippen LogP contribution >= 0.6 is 0 Å². The van der Waals surface area contributed by atoms with Gasteiger partial charge in [0.25, 0.3) is 0 Å². The number of hydrogen-bond donors (Lipinski definition) is 1. The molecular formula is C29H42O4S. The Bertz CT molecular complexity index is 1060. The van der Waals surface area contributed by atoms with E-state index in [2.05, 4.69) is 26.8 Å². The number of carbonyl (C=O) groups is 1. The van der Waals surface area contributed by atoms with Crippen molar-refractivity contribution in [2.45, 2.75) is 103 Å². The predicted molar refractivity (Wildman–Crippen MR) is 142 cm³/mol. The zero-order valence-electron chi connectivity index (χ0n) is 21.6. The van der Waals surface area contributed by atoms with Gasteiger partial charge in [-0.05, 0) is 84.9 Å². The Kier molecular flexibility index (Phi) is 10.4. The summed E-state index contributed by atoms with van der Waals surface area (Å²) in [7, 11) is -3.29. The molecule has 0 aromatic heterocycles. The smallest absolute Gasteiger partial charge is 0.328 e. The van der Waals surface area contributed by atoms with Crippen LogP contribution in [-0.2, 0) is 26.5 Å². The number of fused-ring (bicyclic) bond motifs is 1. The van der Waals surface area contributed by atoms with Crippen LogP contribution in [0.2, 0.25) is 0 Å². The summed E-state index contributed by atoms with van der Waals surface area (Å²) in [5.41, 5.74) is 4.63. The average Bonchev–Trinajstić information content (AvgIpc) is 2.82. The highest BCUT2D eigenvalue weighted by Crippen LogP contribution is 2.40. The maximum atomic E-state index is 13.1. The monoisotopic (exact) mass is 486 g/mol. The van der Waals surface area contributed by atoms with E-state index in [4.69, 9.17) is 5.11 Å². The van der Waals surface area contributed by atoms with E-state index in [0.717, 1.165) is 47.9 Å². The van der Waals surface area contributed by atoms with Crippen LogP contribution in [0.25, 0.3) is 5.57 Å². The molecule has 0 amide bonds. The SMILES string of the molecule is CCCCCCCCc1cc2c(cc1\C(C)=C/C=C/C(C)=C/C(=O)O)C(C)(C)CCCS2(=O)=O. The summed E-state index contributed by atoms with van der Waals surface area (Å²) in [5.74, 6) is -0.746. The Labute approximate surface area is 206 Å². The van der Waals surface area contributed by atoms with Crippen molar-refractivity contribution in [3.8, 4) is 0 Å². The molecule has 0 spiro atoms. The van der Waals surface area contributed by atoms with Crippen molar-refractivity contribution in [1.82, 2.24) is 0 Å². The number of rotatable bonds is 11. The maximum Gasteiger partial charge on any atom is 0.328 e. The fourth-order valence-corrected chi connectivity index (χ4v) is 6.44. The summed E-state index contributed by atoms with van der Waals surface area (Å²) in [6.07, 6.45) is 16.4. The van der Waals surface area contributed by atoms with Gasteiger partial charge in [-0.2, -0.15) is 0 Å². The van der Waals surface area contributed by atoms with E-state index in [1.165, 1.54) is 31.8 Å². The minimum Gasteiger partial charge on any atom is -0.478 e. The van der Waals surface area contributed by atoms with Crippen molar-refractivity contribution >= 4 is 21.4 Å². The molecule has 188 valence electrons. The standard InChI is InChI=1S/C29H42O4S/c1-6-7-8-9-10-11-16-24-20-27-26(29(4,5)17-13-18-34(27,32)33)21-25(24)23(3)15-12-14-22(2)19-28(30)31/h12,14-15,19-21H,6-11,13,16-18H2,1-5H3,(H,30,31)/b14-12+,22-19+,23-15-. The van der Waals surface area contributed by atoms with E-state index < -0.39 is 15.8 Å². The zero-order valence-corrected chi connectivity index (χ0v) is 22.4. The van der Waals surface area contributed by atoms with Gasteiger partial charge in [0.15, 0.2) is 9.84 Å². The number of benzene rings is 1. The van der Waals surface area contributed by atoms with Gasteiger partial charge in [-0.25, -0.2) is 13.2 Å². The van der Waals surface area contributed by atoms with E-state index in [0.29, 0.717) is 16.9 Å². The summed E-state index contributed by atoms with van der Waals surface area (Å²) >= 11 is 0. The number of aliphatic carboxylic acids is 1. The fourth-order valence-electron chi connectivity index (χ4n) is 4.70. The van der Waals surface area contributed by atoms with Crippen molar-refractivity contribution in [1.29, 1.82) is 0 Å². The molecule has 1 N–H and O–H groups in total. The van der Waals surface area contributed by atoms with Crippen molar-refractivity contribution in [3.05, 3.63) is 58.7 Å². The first-order valence-corrected chi connectivity index (χ1v) is 14.3. The van der Waals surface area contributed by atoms with Crippen molar-refractivity contribution in [2.24, 2.45) is 0 Å². The third kappa shape index (κ3) is 7.97. The van der Waals surface area contributed by atoms with Gasteiger partial charge in [0, 0.05) is 6.08 Å². The molecule has 4 nitrogen and oxygen atoms in total. The number of aryl methyl sites for hydroxylation is 1. The highest BCUT2D eigenvalue weighted by molar-refractivity contribution is 7.91. The van der Waals surface area contributed by atoms with Gasteiger partial charge in [0.05, 0.1) is 10.6 Å². The molecule has 1 heterocycles. The fraction of sp³-hybridized carbons (Fsp3) is 0.552. The highest BCUT2D eigenvalue weighted by Gasteiger charge is 2.33. The molecule has 0 saturated carbocycles. The molecule has 2 rings (SSSR count). The van der Waals surface area contributed by atoms with Gasteiger partial charge in [0.2, 0.25) is 0 Å². The third-order valence-electron chi connectivity index (χ3n) is 6.77. The van der Waals surface area contributed by atoms with E-state index in [1.807, 2.05) is 25.1 Å². The van der Waals surface area contributed by atoms with E-state index >= 15 is 0 Å². The summed E-state index contributed by atoms with van der Waals surface area (Å²) in [5, 5.41) is 8.91. The molecule has 1 aliphatic rings. The molecule has 0 saturated heterocycles. The van der Waals surface area contributed by atoms with Gasteiger partial charge in [-0.3, -0.25) is 0 Å². The Hall–Kier alpha value is -2.14. The van der Waals surface area contributed by atoms with Gasteiger partial charge >= 0.3 is 5.97 Å². The number of allylic oxidation sites excluding steroid dienone is 5.